The Bertz CT molecular complexity index is 292. The highest BCUT2D eigenvalue weighted by Crippen LogP contribution is 2.33. The summed E-state index contributed by atoms with van der Waals surface area (Å²) in [5, 5.41) is 0. The molecule has 76 valence electrons. The summed E-state index contributed by atoms with van der Waals surface area (Å²) < 4.78 is 11.4. The van der Waals surface area contributed by atoms with Crippen LogP contribution in [0.5, 0.6) is 5.75 Å². The Hall–Kier alpha value is -1.02. The van der Waals surface area contributed by atoms with Crippen LogP contribution in [0.15, 0.2) is 30.3 Å². The number of hydrogen-bond acceptors (Lipinski definition) is 2. The molecule has 0 radical (unpaired) electrons. The molecule has 2 atom stereocenters. The van der Waals surface area contributed by atoms with Crippen molar-refractivity contribution in [3.63, 3.8) is 0 Å². The van der Waals surface area contributed by atoms with Gasteiger partial charge in [0.05, 0.1) is 12.7 Å². The Balaban J connectivity index is 2.09. The molecule has 0 amide bonds. The van der Waals surface area contributed by atoms with Crippen LogP contribution < -0.4 is 4.74 Å². The van der Waals surface area contributed by atoms with Gasteiger partial charge in [0.15, 0.2) is 5.60 Å². The van der Waals surface area contributed by atoms with Gasteiger partial charge in [-0.05, 0) is 25.5 Å². The Labute approximate surface area is 84.8 Å². The van der Waals surface area contributed by atoms with E-state index in [1.165, 1.54) is 0 Å². The highest BCUT2D eigenvalue weighted by atomic mass is 16.6. The maximum absolute atomic E-state index is 5.97. The maximum Gasteiger partial charge on any atom is 0.157 e. The van der Waals surface area contributed by atoms with Crippen molar-refractivity contribution < 1.29 is 9.47 Å². The second kappa shape index (κ2) is 3.62. The second-order valence-corrected chi connectivity index (χ2v) is 3.79. The molecule has 1 heterocycles. The summed E-state index contributed by atoms with van der Waals surface area (Å²) in [6.45, 7) is 4.91. The zero-order valence-electron chi connectivity index (χ0n) is 8.69. The van der Waals surface area contributed by atoms with Gasteiger partial charge in [-0.1, -0.05) is 25.1 Å². The van der Waals surface area contributed by atoms with E-state index >= 15 is 0 Å². The van der Waals surface area contributed by atoms with Crippen LogP contribution >= 0.6 is 0 Å². The molecule has 14 heavy (non-hydrogen) atoms. The SMILES string of the molecule is CCC1(Oc2ccccc2)COC1C. The van der Waals surface area contributed by atoms with Crippen LogP contribution in [0, 0.1) is 0 Å². The number of rotatable bonds is 3. The van der Waals surface area contributed by atoms with E-state index in [1.54, 1.807) is 0 Å². The van der Waals surface area contributed by atoms with Crippen LogP contribution in [0.4, 0.5) is 0 Å². The molecule has 0 spiro atoms. The van der Waals surface area contributed by atoms with Gasteiger partial charge < -0.3 is 9.47 Å². The van der Waals surface area contributed by atoms with E-state index in [2.05, 4.69) is 13.8 Å². The molecular formula is C12H16O2. The molecule has 1 aromatic carbocycles. The van der Waals surface area contributed by atoms with Crippen LogP contribution in [0.2, 0.25) is 0 Å². The lowest BCUT2D eigenvalue weighted by Gasteiger charge is -2.46. The molecule has 0 N–H and O–H groups in total. The minimum absolute atomic E-state index is 0.0959. The quantitative estimate of drug-likeness (QED) is 0.733. The van der Waals surface area contributed by atoms with Gasteiger partial charge >= 0.3 is 0 Å². The first kappa shape index (κ1) is 9.53. The second-order valence-electron chi connectivity index (χ2n) is 3.79. The van der Waals surface area contributed by atoms with Crippen molar-refractivity contribution in [2.45, 2.75) is 32.0 Å². The molecule has 1 aliphatic rings. The number of hydrogen-bond donors (Lipinski definition) is 0. The number of para-hydroxylation sites is 1. The fourth-order valence-electron chi connectivity index (χ4n) is 1.73. The van der Waals surface area contributed by atoms with Gasteiger partial charge in [-0.15, -0.1) is 0 Å². The van der Waals surface area contributed by atoms with E-state index in [4.69, 9.17) is 9.47 Å². The van der Waals surface area contributed by atoms with Gasteiger partial charge in [-0.2, -0.15) is 0 Å². The van der Waals surface area contributed by atoms with E-state index < -0.39 is 0 Å². The highest BCUT2D eigenvalue weighted by molar-refractivity contribution is 5.23. The highest BCUT2D eigenvalue weighted by Gasteiger charge is 2.46. The molecule has 0 aromatic heterocycles. The van der Waals surface area contributed by atoms with Gasteiger partial charge in [-0.25, -0.2) is 0 Å². The molecule has 2 nitrogen and oxygen atoms in total. The summed E-state index contributed by atoms with van der Waals surface area (Å²) in [5.74, 6) is 0.935. The van der Waals surface area contributed by atoms with E-state index in [-0.39, 0.29) is 11.7 Å². The molecule has 1 fully saturated rings. The molecule has 0 saturated carbocycles. The first-order chi connectivity index (χ1) is 6.77. The first-order valence-corrected chi connectivity index (χ1v) is 5.12. The zero-order chi connectivity index (χ0) is 10.0. The number of ether oxygens (including phenoxy) is 2. The maximum atomic E-state index is 5.97. The van der Waals surface area contributed by atoms with Crippen molar-refractivity contribution >= 4 is 0 Å². The van der Waals surface area contributed by atoms with Crippen LogP contribution in [0.3, 0.4) is 0 Å². The summed E-state index contributed by atoms with van der Waals surface area (Å²) in [5.41, 5.74) is -0.0959. The lowest BCUT2D eigenvalue weighted by molar-refractivity contribution is -0.215. The van der Waals surface area contributed by atoms with E-state index in [9.17, 15) is 0 Å². The fourth-order valence-corrected chi connectivity index (χ4v) is 1.73. The lowest BCUT2D eigenvalue weighted by atomic mass is 9.90. The van der Waals surface area contributed by atoms with Crippen molar-refractivity contribution in [3.05, 3.63) is 30.3 Å². The summed E-state index contributed by atoms with van der Waals surface area (Å²) >= 11 is 0. The Morgan fingerprint density at radius 3 is 2.57 bits per heavy atom. The fraction of sp³-hybridized carbons (Fsp3) is 0.500. The van der Waals surface area contributed by atoms with E-state index in [1.807, 2.05) is 30.3 Å². The van der Waals surface area contributed by atoms with Crippen molar-refractivity contribution in [1.29, 1.82) is 0 Å². The monoisotopic (exact) mass is 192 g/mol. The summed E-state index contributed by atoms with van der Waals surface area (Å²) in [6, 6.07) is 9.95. The van der Waals surface area contributed by atoms with E-state index in [0.29, 0.717) is 6.61 Å². The molecule has 1 aliphatic heterocycles. The van der Waals surface area contributed by atoms with Crippen molar-refractivity contribution in [2.75, 3.05) is 6.61 Å². The van der Waals surface area contributed by atoms with Gasteiger partial charge in [0.2, 0.25) is 0 Å². The average Bonchev–Trinajstić information content (AvgIpc) is 2.25. The Morgan fingerprint density at radius 2 is 2.14 bits per heavy atom. The topological polar surface area (TPSA) is 18.5 Å². The molecule has 2 rings (SSSR count). The van der Waals surface area contributed by atoms with Crippen LogP contribution in [0.1, 0.15) is 20.3 Å². The van der Waals surface area contributed by atoms with Crippen LogP contribution in [0.25, 0.3) is 0 Å². The lowest BCUT2D eigenvalue weighted by Crippen LogP contribution is -2.60. The minimum Gasteiger partial charge on any atom is -0.482 e. The summed E-state index contributed by atoms with van der Waals surface area (Å²) in [4.78, 5) is 0. The zero-order valence-corrected chi connectivity index (χ0v) is 8.69. The van der Waals surface area contributed by atoms with Crippen molar-refractivity contribution in [2.24, 2.45) is 0 Å². The predicted molar refractivity (Wildman–Crippen MR) is 55.5 cm³/mol. The molecule has 2 unspecified atom stereocenters. The molecule has 2 heteroatoms. The van der Waals surface area contributed by atoms with Gasteiger partial charge in [0.25, 0.3) is 0 Å². The summed E-state index contributed by atoms with van der Waals surface area (Å²) in [6.07, 6.45) is 1.19. The third kappa shape index (κ3) is 1.50. The molecule has 1 aromatic rings. The van der Waals surface area contributed by atoms with Crippen molar-refractivity contribution in [3.8, 4) is 5.75 Å². The van der Waals surface area contributed by atoms with Gasteiger partial charge in [0, 0.05) is 0 Å². The average molecular weight is 192 g/mol. The molecule has 0 bridgehead atoms. The van der Waals surface area contributed by atoms with E-state index in [0.717, 1.165) is 12.2 Å². The van der Waals surface area contributed by atoms with Crippen molar-refractivity contribution in [1.82, 2.24) is 0 Å². The first-order valence-electron chi connectivity index (χ1n) is 5.12. The van der Waals surface area contributed by atoms with Gasteiger partial charge in [0.1, 0.15) is 5.75 Å². The Kier molecular flexibility index (Phi) is 2.46. The van der Waals surface area contributed by atoms with Crippen LogP contribution in [-0.2, 0) is 4.74 Å². The molecular weight excluding hydrogens is 176 g/mol. The third-order valence-corrected chi connectivity index (χ3v) is 2.98. The molecule has 0 aliphatic carbocycles. The normalized spacial score (nSPS) is 30.9. The predicted octanol–water partition coefficient (Wildman–Crippen LogP) is 2.63. The minimum atomic E-state index is -0.0959. The summed E-state index contributed by atoms with van der Waals surface area (Å²) in [7, 11) is 0. The smallest absolute Gasteiger partial charge is 0.157 e. The van der Waals surface area contributed by atoms with Gasteiger partial charge in [-0.3, -0.25) is 0 Å². The Morgan fingerprint density at radius 1 is 1.43 bits per heavy atom. The standard InChI is InChI=1S/C12H16O2/c1-3-12(9-13-10(12)2)14-11-7-5-4-6-8-11/h4-8,10H,3,9H2,1-2H3. The number of benzene rings is 1. The van der Waals surface area contributed by atoms with Crippen LogP contribution in [-0.4, -0.2) is 18.3 Å². The third-order valence-electron chi connectivity index (χ3n) is 2.98. The largest absolute Gasteiger partial charge is 0.482 e. The molecule has 1 saturated heterocycles.